The minimum atomic E-state index is -0.223. The van der Waals surface area contributed by atoms with Gasteiger partial charge in [0.2, 0.25) is 12.5 Å². The molecule has 0 radical (unpaired) electrons. The Morgan fingerprint density at radius 1 is 0.750 bits per heavy atom. The zero-order valence-electron chi connectivity index (χ0n) is 11.4. The van der Waals surface area contributed by atoms with Gasteiger partial charge >= 0.3 is 0 Å². The van der Waals surface area contributed by atoms with Gasteiger partial charge in [-0.15, -0.1) is 0 Å². The van der Waals surface area contributed by atoms with Crippen LogP contribution in [0.4, 0.5) is 11.4 Å². The number of rotatable bonds is 1. The maximum atomic E-state index is 5.91. The number of ether oxygens (including phenoxy) is 2. The van der Waals surface area contributed by atoms with E-state index in [0.29, 0.717) is 0 Å². The van der Waals surface area contributed by atoms with Crippen LogP contribution < -0.4 is 20.1 Å². The predicted octanol–water partition coefficient (Wildman–Crippen LogP) is 3.26. The van der Waals surface area contributed by atoms with Gasteiger partial charge in [-0.2, -0.15) is 0 Å². The van der Waals surface area contributed by atoms with E-state index in [9.17, 15) is 0 Å². The Hall–Kier alpha value is -2.36. The van der Waals surface area contributed by atoms with Gasteiger partial charge in [-0.3, -0.25) is 0 Å². The van der Waals surface area contributed by atoms with Crippen molar-refractivity contribution in [3.63, 3.8) is 0 Å². The summed E-state index contributed by atoms with van der Waals surface area (Å²) in [7, 11) is 0. The average Bonchev–Trinajstić information content (AvgIpc) is 3.00. The number of benzene rings is 2. The van der Waals surface area contributed by atoms with Crippen LogP contribution in [0.3, 0.4) is 0 Å². The first-order chi connectivity index (χ1) is 9.69. The third kappa shape index (κ3) is 1.76. The Labute approximate surface area is 117 Å². The molecule has 0 aliphatic carbocycles. The molecule has 0 fully saturated rings. The molecule has 0 aromatic heterocycles. The van der Waals surface area contributed by atoms with E-state index in [1.807, 2.05) is 24.3 Å². The lowest BCUT2D eigenvalue weighted by Crippen LogP contribution is -2.41. The highest BCUT2D eigenvalue weighted by Crippen LogP contribution is 2.38. The molecule has 102 valence electrons. The second-order valence-electron chi connectivity index (χ2n) is 5.36. The summed E-state index contributed by atoms with van der Waals surface area (Å²) in [5.41, 5.74) is 4.46. The number of anilines is 2. The van der Waals surface area contributed by atoms with Crippen molar-refractivity contribution in [1.29, 1.82) is 0 Å². The van der Waals surface area contributed by atoms with Crippen molar-refractivity contribution in [3.05, 3.63) is 47.5 Å². The molecule has 0 amide bonds. The van der Waals surface area contributed by atoms with E-state index in [1.165, 1.54) is 11.1 Å². The van der Waals surface area contributed by atoms with Crippen molar-refractivity contribution in [2.24, 2.45) is 0 Å². The molecule has 0 saturated heterocycles. The summed E-state index contributed by atoms with van der Waals surface area (Å²) >= 11 is 0. The molecule has 20 heavy (non-hydrogen) atoms. The van der Waals surface area contributed by atoms with Crippen LogP contribution in [0.1, 0.15) is 11.1 Å². The second kappa shape index (κ2) is 4.07. The summed E-state index contributed by atoms with van der Waals surface area (Å²) in [5.74, 6) is 1.75. The first kappa shape index (κ1) is 11.5. The van der Waals surface area contributed by atoms with Gasteiger partial charge in [-0.25, -0.2) is 0 Å². The van der Waals surface area contributed by atoms with Crippen LogP contribution in [-0.4, -0.2) is 12.5 Å². The Morgan fingerprint density at radius 2 is 1.20 bits per heavy atom. The van der Waals surface area contributed by atoms with E-state index >= 15 is 0 Å². The lowest BCUT2D eigenvalue weighted by atomic mass is 10.2. The minimum absolute atomic E-state index is 0.223. The third-order valence-electron chi connectivity index (χ3n) is 3.65. The SMILES string of the molecule is Cc1ccc2c(c1)N[C@@H]([C@@H]1Nc3cc(C)ccc3O1)O2. The zero-order valence-corrected chi connectivity index (χ0v) is 11.4. The largest absolute Gasteiger partial charge is 0.462 e. The molecule has 0 spiro atoms. The third-order valence-corrected chi connectivity index (χ3v) is 3.65. The molecule has 4 heteroatoms. The van der Waals surface area contributed by atoms with Gasteiger partial charge in [0.25, 0.3) is 0 Å². The van der Waals surface area contributed by atoms with Crippen molar-refractivity contribution >= 4 is 11.4 Å². The number of nitrogens with one attached hydrogen (secondary N) is 2. The lowest BCUT2D eigenvalue weighted by Gasteiger charge is -2.18. The van der Waals surface area contributed by atoms with Crippen LogP contribution in [0, 0.1) is 13.8 Å². The van der Waals surface area contributed by atoms with E-state index in [-0.39, 0.29) is 12.5 Å². The number of aryl methyl sites for hydroxylation is 2. The quantitative estimate of drug-likeness (QED) is 0.833. The molecule has 2 atom stereocenters. The molecule has 0 bridgehead atoms. The standard InChI is InChI=1S/C16H16N2O2/c1-9-3-5-13-11(7-9)17-15(19-13)16-18-12-8-10(2)4-6-14(12)20-16/h3-8,15-18H,1-2H3/t15-,16-/m1/s1. The molecular formula is C16H16N2O2. The smallest absolute Gasteiger partial charge is 0.226 e. The average molecular weight is 268 g/mol. The minimum Gasteiger partial charge on any atom is -0.462 e. The van der Waals surface area contributed by atoms with Crippen LogP contribution in [-0.2, 0) is 0 Å². The van der Waals surface area contributed by atoms with E-state index in [4.69, 9.17) is 9.47 Å². The summed E-state index contributed by atoms with van der Waals surface area (Å²) in [5, 5.41) is 6.71. The van der Waals surface area contributed by atoms with Gasteiger partial charge in [0, 0.05) is 0 Å². The van der Waals surface area contributed by atoms with Gasteiger partial charge in [0.05, 0.1) is 11.4 Å². The lowest BCUT2D eigenvalue weighted by molar-refractivity contribution is 0.113. The van der Waals surface area contributed by atoms with Gasteiger partial charge in [0.1, 0.15) is 11.5 Å². The molecule has 2 aromatic carbocycles. The molecule has 0 unspecified atom stereocenters. The summed E-state index contributed by atoms with van der Waals surface area (Å²) in [6.45, 7) is 4.14. The van der Waals surface area contributed by atoms with Crippen molar-refractivity contribution in [1.82, 2.24) is 0 Å². The van der Waals surface area contributed by atoms with Crippen molar-refractivity contribution < 1.29 is 9.47 Å². The van der Waals surface area contributed by atoms with Crippen molar-refractivity contribution in [2.45, 2.75) is 26.3 Å². The zero-order chi connectivity index (χ0) is 13.7. The second-order valence-corrected chi connectivity index (χ2v) is 5.36. The maximum absolute atomic E-state index is 5.91. The summed E-state index contributed by atoms with van der Waals surface area (Å²) in [6, 6.07) is 12.2. The fourth-order valence-corrected chi connectivity index (χ4v) is 2.63. The molecular weight excluding hydrogens is 252 g/mol. The van der Waals surface area contributed by atoms with Crippen molar-refractivity contribution in [2.75, 3.05) is 10.6 Å². The number of fused-ring (bicyclic) bond motifs is 2. The summed E-state index contributed by atoms with van der Waals surface area (Å²) in [6.07, 6.45) is -0.445. The fourth-order valence-electron chi connectivity index (χ4n) is 2.63. The topological polar surface area (TPSA) is 42.5 Å². The summed E-state index contributed by atoms with van der Waals surface area (Å²) in [4.78, 5) is 0. The monoisotopic (exact) mass is 268 g/mol. The predicted molar refractivity (Wildman–Crippen MR) is 78.4 cm³/mol. The van der Waals surface area contributed by atoms with Crippen LogP contribution in [0.2, 0.25) is 0 Å². The molecule has 2 aliphatic rings. The molecule has 0 saturated carbocycles. The van der Waals surface area contributed by atoms with E-state index < -0.39 is 0 Å². The number of hydrogen-bond donors (Lipinski definition) is 2. The maximum Gasteiger partial charge on any atom is 0.226 e. The van der Waals surface area contributed by atoms with Gasteiger partial charge in [-0.05, 0) is 49.2 Å². The van der Waals surface area contributed by atoms with Crippen LogP contribution >= 0.6 is 0 Å². The Bertz CT molecular complexity index is 625. The highest BCUT2D eigenvalue weighted by Gasteiger charge is 2.35. The molecule has 2 aliphatic heterocycles. The van der Waals surface area contributed by atoms with Crippen LogP contribution in [0.25, 0.3) is 0 Å². The van der Waals surface area contributed by atoms with Crippen LogP contribution in [0.15, 0.2) is 36.4 Å². The highest BCUT2D eigenvalue weighted by molar-refractivity contribution is 5.65. The van der Waals surface area contributed by atoms with Crippen LogP contribution in [0.5, 0.6) is 11.5 Å². The van der Waals surface area contributed by atoms with Gasteiger partial charge in [-0.1, -0.05) is 12.1 Å². The summed E-state index contributed by atoms with van der Waals surface area (Å²) < 4.78 is 11.8. The Morgan fingerprint density at radius 3 is 1.65 bits per heavy atom. The van der Waals surface area contributed by atoms with Crippen molar-refractivity contribution in [3.8, 4) is 11.5 Å². The molecule has 4 rings (SSSR count). The number of hydrogen-bond acceptors (Lipinski definition) is 4. The normalized spacial score (nSPS) is 22.1. The van der Waals surface area contributed by atoms with E-state index in [1.54, 1.807) is 0 Å². The Kier molecular flexibility index (Phi) is 2.33. The molecule has 2 N–H and O–H groups in total. The first-order valence-corrected chi connectivity index (χ1v) is 6.77. The molecule has 2 heterocycles. The van der Waals surface area contributed by atoms with E-state index in [2.05, 4.69) is 36.6 Å². The molecule has 2 aromatic rings. The highest BCUT2D eigenvalue weighted by atomic mass is 16.6. The van der Waals surface area contributed by atoms with Gasteiger partial charge in [0.15, 0.2) is 0 Å². The Balaban J connectivity index is 1.55. The van der Waals surface area contributed by atoms with Gasteiger partial charge < -0.3 is 20.1 Å². The first-order valence-electron chi connectivity index (χ1n) is 6.77. The molecule has 4 nitrogen and oxygen atoms in total. The fraction of sp³-hybridized carbons (Fsp3) is 0.250. The van der Waals surface area contributed by atoms with E-state index in [0.717, 1.165) is 22.9 Å².